The lowest BCUT2D eigenvalue weighted by Crippen LogP contribution is -2.27. The Balaban J connectivity index is 2.86. The van der Waals surface area contributed by atoms with Crippen molar-refractivity contribution in [2.45, 2.75) is 39.3 Å². The number of anilines is 1. The minimum Gasteiger partial charge on any atom is -0.479 e. The molecule has 1 heterocycles. The first kappa shape index (κ1) is 14.1. The third kappa shape index (κ3) is 3.26. The van der Waals surface area contributed by atoms with Crippen LogP contribution in [0, 0.1) is 0 Å². The largest absolute Gasteiger partial charge is 0.479 e. The number of hydrogen-bond acceptors (Lipinski definition) is 4. The quantitative estimate of drug-likeness (QED) is 0.750. The van der Waals surface area contributed by atoms with Crippen LogP contribution in [0.1, 0.15) is 37.2 Å². The van der Waals surface area contributed by atoms with Gasteiger partial charge in [-0.15, -0.1) is 0 Å². The number of carbonyl (C=O) groups is 2. The molecule has 0 aromatic carbocycles. The molecule has 1 unspecified atom stereocenters. The second-order valence-corrected chi connectivity index (χ2v) is 3.99. The second kappa shape index (κ2) is 6.09. The first-order valence-electron chi connectivity index (χ1n) is 5.89. The van der Waals surface area contributed by atoms with Crippen molar-refractivity contribution in [3.63, 3.8) is 0 Å². The van der Waals surface area contributed by atoms with Crippen LogP contribution < -0.4 is 5.73 Å². The van der Waals surface area contributed by atoms with Crippen LogP contribution in [0.15, 0.2) is 12.3 Å². The Morgan fingerprint density at radius 2 is 2.17 bits per heavy atom. The lowest BCUT2D eigenvalue weighted by atomic mass is 10.3. The highest BCUT2D eigenvalue weighted by molar-refractivity contribution is 5.90. The van der Waals surface area contributed by atoms with Gasteiger partial charge in [0.05, 0.1) is 5.69 Å². The Bertz CT molecular complexity index is 439. The third-order valence-electron chi connectivity index (χ3n) is 2.49. The van der Waals surface area contributed by atoms with Gasteiger partial charge in [0.1, 0.15) is 5.69 Å². The molecular weight excluding hydrogens is 236 g/mol. The molecule has 0 aliphatic rings. The Kier molecular flexibility index (Phi) is 4.76. The SMILES string of the molecule is CCCn1cc(N)cc1C(=O)OC(CC)C(=O)O. The van der Waals surface area contributed by atoms with Gasteiger partial charge in [0, 0.05) is 12.7 Å². The van der Waals surface area contributed by atoms with E-state index in [4.69, 9.17) is 15.6 Å². The van der Waals surface area contributed by atoms with Crippen LogP contribution in [0.3, 0.4) is 0 Å². The summed E-state index contributed by atoms with van der Waals surface area (Å²) in [5.74, 6) is -1.80. The smallest absolute Gasteiger partial charge is 0.355 e. The molecule has 0 amide bonds. The second-order valence-electron chi connectivity index (χ2n) is 3.99. The maximum atomic E-state index is 11.9. The molecule has 1 aromatic heterocycles. The summed E-state index contributed by atoms with van der Waals surface area (Å²) in [6.45, 7) is 4.24. The number of esters is 1. The summed E-state index contributed by atoms with van der Waals surface area (Å²) in [4.78, 5) is 22.7. The molecule has 18 heavy (non-hydrogen) atoms. The number of aryl methyl sites for hydroxylation is 1. The number of nitrogens with two attached hydrogens (primary N) is 1. The maximum absolute atomic E-state index is 11.9. The number of hydrogen-bond donors (Lipinski definition) is 2. The van der Waals surface area contributed by atoms with Gasteiger partial charge >= 0.3 is 11.9 Å². The van der Waals surface area contributed by atoms with Crippen LogP contribution in [0.5, 0.6) is 0 Å². The zero-order valence-electron chi connectivity index (χ0n) is 10.5. The number of aliphatic carboxylic acids is 1. The van der Waals surface area contributed by atoms with Crippen molar-refractivity contribution >= 4 is 17.6 Å². The van der Waals surface area contributed by atoms with Gasteiger partial charge in [-0.05, 0) is 18.9 Å². The summed E-state index contributed by atoms with van der Waals surface area (Å²) in [7, 11) is 0. The highest BCUT2D eigenvalue weighted by atomic mass is 16.6. The third-order valence-corrected chi connectivity index (χ3v) is 2.49. The van der Waals surface area contributed by atoms with Crippen molar-refractivity contribution in [1.29, 1.82) is 0 Å². The Hall–Kier alpha value is -1.98. The minimum absolute atomic E-state index is 0.227. The predicted molar refractivity (Wildman–Crippen MR) is 66.3 cm³/mol. The Morgan fingerprint density at radius 3 is 2.67 bits per heavy atom. The fourth-order valence-electron chi connectivity index (χ4n) is 1.63. The van der Waals surface area contributed by atoms with Crippen LogP contribution in [0.4, 0.5) is 5.69 Å². The lowest BCUT2D eigenvalue weighted by Gasteiger charge is -2.12. The van der Waals surface area contributed by atoms with Gasteiger partial charge in [0.2, 0.25) is 0 Å². The fourth-order valence-corrected chi connectivity index (χ4v) is 1.63. The molecule has 100 valence electrons. The van der Waals surface area contributed by atoms with E-state index in [1.165, 1.54) is 6.07 Å². The molecule has 0 aliphatic heterocycles. The molecule has 1 atom stereocenters. The summed E-state index contributed by atoms with van der Waals surface area (Å²) in [5.41, 5.74) is 6.37. The van der Waals surface area contributed by atoms with Crippen molar-refractivity contribution < 1.29 is 19.4 Å². The summed E-state index contributed by atoms with van der Waals surface area (Å²) >= 11 is 0. The molecule has 0 saturated carbocycles. The summed E-state index contributed by atoms with van der Waals surface area (Å²) in [5, 5.41) is 8.84. The lowest BCUT2D eigenvalue weighted by molar-refractivity contribution is -0.147. The summed E-state index contributed by atoms with van der Waals surface area (Å²) in [6.07, 6.45) is 1.58. The average Bonchev–Trinajstić information content (AvgIpc) is 2.67. The first-order valence-corrected chi connectivity index (χ1v) is 5.89. The molecular formula is C12H18N2O4. The molecule has 6 heteroatoms. The molecule has 0 spiro atoms. The Morgan fingerprint density at radius 1 is 1.50 bits per heavy atom. The zero-order valence-corrected chi connectivity index (χ0v) is 10.5. The Labute approximate surface area is 105 Å². The van der Waals surface area contributed by atoms with Crippen LogP contribution in [0.2, 0.25) is 0 Å². The van der Waals surface area contributed by atoms with Crippen LogP contribution in [-0.4, -0.2) is 27.7 Å². The number of nitrogens with zero attached hydrogens (tertiary/aromatic N) is 1. The van der Waals surface area contributed by atoms with Crippen LogP contribution in [0.25, 0.3) is 0 Å². The highest BCUT2D eigenvalue weighted by Gasteiger charge is 2.23. The van der Waals surface area contributed by atoms with Crippen molar-refractivity contribution in [3.05, 3.63) is 18.0 Å². The van der Waals surface area contributed by atoms with Gasteiger partial charge in [-0.3, -0.25) is 0 Å². The van der Waals surface area contributed by atoms with Crippen LogP contribution in [-0.2, 0) is 16.1 Å². The van der Waals surface area contributed by atoms with E-state index in [-0.39, 0.29) is 12.1 Å². The van der Waals surface area contributed by atoms with E-state index in [0.29, 0.717) is 12.2 Å². The predicted octanol–water partition coefficient (Wildman–Crippen LogP) is 1.50. The van der Waals surface area contributed by atoms with E-state index >= 15 is 0 Å². The number of aromatic nitrogens is 1. The average molecular weight is 254 g/mol. The van der Waals surface area contributed by atoms with E-state index in [9.17, 15) is 9.59 Å². The zero-order chi connectivity index (χ0) is 13.7. The minimum atomic E-state index is -1.15. The maximum Gasteiger partial charge on any atom is 0.355 e. The number of carboxylic acids is 1. The molecule has 1 aromatic rings. The topological polar surface area (TPSA) is 94.5 Å². The number of carbonyl (C=O) groups excluding carboxylic acids is 1. The number of ether oxygens (including phenoxy) is 1. The fraction of sp³-hybridized carbons (Fsp3) is 0.500. The molecule has 0 bridgehead atoms. The van der Waals surface area contributed by atoms with Gasteiger partial charge in [-0.2, -0.15) is 0 Å². The van der Waals surface area contributed by atoms with Gasteiger partial charge in [-0.25, -0.2) is 9.59 Å². The van der Waals surface area contributed by atoms with Crippen molar-refractivity contribution in [2.75, 3.05) is 5.73 Å². The number of rotatable bonds is 6. The van der Waals surface area contributed by atoms with E-state index in [1.54, 1.807) is 17.7 Å². The first-order chi connectivity index (χ1) is 8.49. The molecule has 0 fully saturated rings. The molecule has 1 rings (SSSR count). The summed E-state index contributed by atoms with van der Waals surface area (Å²) in [6, 6.07) is 1.49. The molecule has 0 aliphatic carbocycles. The standard InChI is InChI=1S/C12H18N2O4/c1-3-5-14-7-8(13)6-9(14)12(17)18-10(4-2)11(15)16/h6-7,10H,3-5,13H2,1-2H3,(H,15,16). The van der Waals surface area contributed by atoms with E-state index in [2.05, 4.69) is 0 Å². The van der Waals surface area contributed by atoms with Crippen molar-refractivity contribution in [1.82, 2.24) is 4.57 Å². The molecule has 0 radical (unpaired) electrons. The highest BCUT2D eigenvalue weighted by Crippen LogP contribution is 2.14. The van der Waals surface area contributed by atoms with Gasteiger partial charge in [-0.1, -0.05) is 13.8 Å². The van der Waals surface area contributed by atoms with Crippen molar-refractivity contribution in [2.24, 2.45) is 0 Å². The van der Waals surface area contributed by atoms with Gasteiger partial charge in [0.25, 0.3) is 0 Å². The molecule has 6 nitrogen and oxygen atoms in total. The van der Waals surface area contributed by atoms with Crippen molar-refractivity contribution in [3.8, 4) is 0 Å². The van der Waals surface area contributed by atoms with E-state index < -0.39 is 18.0 Å². The molecule has 3 N–H and O–H groups in total. The van der Waals surface area contributed by atoms with Gasteiger partial charge < -0.3 is 20.1 Å². The van der Waals surface area contributed by atoms with E-state index in [1.807, 2.05) is 6.92 Å². The summed E-state index contributed by atoms with van der Waals surface area (Å²) < 4.78 is 6.61. The number of nitrogen functional groups attached to an aromatic ring is 1. The molecule has 0 saturated heterocycles. The monoisotopic (exact) mass is 254 g/mol. The van der Waals surface area contributed by atoms with Gasteiger partial charge in [0.15, 0.2) is 6.10 Å². The van der Waals surface area contributed by atoms with Crippen LogP contribution >= 0.6 is 0 Å². The number of carboxylic acid groups (broad SMARTS) is 1. The van der Waals surface area contributed by atoms with E-state index in [0.717, 1.165) is 6.42 Å². The normalized spacial score (nSPS) is 12.1.